The van der Waals surface area contributed by atoms with Gasteiger partial charge in [0.1, 0.15) is 22.3 Å². The van der Waals surface area contributed by atoms with Gasteiger partial charge in [-0.3, -0.25) is 0 Å². The minimum absolute atomic E-state index is 0.902. The highest BCUT2D eigenvalue weighted by molar-refractivity contribution is 9.11. The lowest BCUT2D eigenvalue weighted by Crippen LogP contribution is -2.37. The Bertz CT molecular complexity index is 1580. The molecule has 0 aliphatic heterocycles. The van der Waals surface area contributed by atoms with Gasteiger partial charge in [-0.15, -0.1) is 0 Å². The standard InChI is InChI=1S/C15H15BrOSi.C12H6Br2O/c1-18(2,3)13-9-5-7-11-10-6-4-8-12(16)14(10)17-15(11)13;13-9-5-1-3-7-8-4-2-6-10(14)12(8)15-11(7)9/h4-9H,1-3H3;1-6H. The monoisotopic (exact) mass is 642 g/mol. The van der Waals surface area contributed by atoms with Gasteiger partial charge in [-0.25, -0.2) is 0 Å². The molecule has 0 aliphatic rings. The van der Waals surface area contributed by atoms with E-state index in [1.54, 1.807) is 0 Å². The molecule has 0 saturated heterocycles. The Labute approximate surface area is 218 Å². The summed E-state index contributed by atoms with van der Waals surface area (Å²) in [5.74, 6) is 0. The van der Waals surface area contributed by atoms with Crippen LogP contribution in [0.4, 0.5) is 0 Å². The van der Waals surface area contributed by atoms with Gasteiger partial charge in [0.25, 0.3) is 0 Å². The van der Waals surface area contributed by atoms with E-state index in [0.29, 0.717) is 0 Å². The number of hydrogen-bond acceptors (Lipinski definition) is 2. The van der Waals surface area contributed by atoms with Crippen molar-refractivity contribution in [2.24, 2.45) is 0 Å². The maximum atomic E-state index is 6.13. The van der Waals surface area contributed by atoms with Crippen LogP contribution in [0.15, 0.2) is 95.0 Å². The third-order valence-electron chi connectivity index (χ3n) is 5.71. The molecule has 0 saturated carbocycles. The van der Waals surface area contributed by atoms with Crippen molar-refractivity contribution in [1.29, 1.82) is 0 Å². The minimum Gasteiger partial charge on any atom is -0.455 e. The molecule has 6 rings (SSSR count). The van der Waals surface area contributed by atoms with E-state index in [1.807, 2.05) is 30.3 Å². The first-order valence-electron chi connectivity index (χ1n) is 10.6. The van der Waals surface area contributed by atoms with Gasteiger partial charge in [-0.2, -0.15) is 0 Å². The molecule has 0 aliphatic carbocycles. The van der Waals surface area contributed by atoms with Crippen LogP contribution < -0.4 is 5.19 Å². The van der Waals surface area contributed by atoms with Crippen LogP contribution in [-0.4, -0.2) is 8.07 Å². The summed E-state index contributed by atoms with van der Waals surface area (Å²) in [5, 5.41) is 6.09. The molecule has 2 nitrogen and oxygen atoms in total. The minimum atomic E-state index is -1.39. The molecular formula is C27H21Br3O2Si. The van der Waals surface area contributed by atoms with E-state index in [1.165, 1.54) is 16.0 Å². The first kappa shape index (κ1) is 22.9. The van der Waals surface area contributed by atoms with E-state index in [-0.39, 0.29) is 0 Å². The molecule has 0 radical (unpaired) electrons. The third kappa shape index (κ3) is 4.12. The summed E-state index contributed by atoms with van der Waals surface area (Å²) < 4.78 is 15.0. The predicted octanol–water partition coefficient (Wildman–Crippen LogP) is 10.0. The molecule has 33 heavy (non-hydrogen) atoms. The van der Waals surface area contributed by atoms with Crippen molar-refractivity contribution >= 4 is 105 Å². The molecule has 0 N–H and O–H groups in total. The lowest BCUT2D eigenvalue weighted by molar-refractivity contribution is 0.664. The van der Waals surface area contributed by atoms with E-state index < -0.39 is 8.07 Å². The Hall–Kier alpha value is -1.86. The lowest BCUT2D eigenvalue weighted by Gasteiger charge is -2.16. The fourth-order valence-corrected chi connectivity index (χ4v) is 6.93. The molecule has 6 heteroatoms. The number of para-hydroxylation sites is 4. The number of furan rings is 2. The molecule has 0 fully saturated rings. The van der Waals surface area contributed by atoms with E-state index in [2.05, 4.69) is 110 Å². The van der Waals surface area contributed by atoms with Crippen molar-refractivity contribution in [3.05, 3.63) is 86.2 Å². The Morgan fingerprint density at radius 2 is 0.818 bits per heavy atom. The van der Waals surface area contributed by atoms with Crippen molar-refractivity contribution in [3.8, 4) is 0 Å². The van der Waals surface area contributed by atoms with Gasteiger partial charge in [0, 0.05) is 21.5 Å². The predicted molar refractivity (Wildman–Crippen MR) is 154 cm³/mol. The second-order valence-electron chi connectivity index (χ2n) is 8.99. The molecule has 2 aromatic heterocycles. The van der Waals surface area contributed by atoms with Gasteiger partial charge in [-0.05, 0) is 71.2 Å². The summed E-state index contributed by atoms with van der Waals surface area (Å²) in [6.45, 7) is 7.05. The molecule has 4 aromatic carbocycles. The summed E-state index contributed by atoms with van der Waals surface area (Å²) in [6, 6.07) is 24.9. The molecule has 6 aromatic rings. The summed E-state index contributed by atoms with van der Waals surface area (Å²) in [5.41, 5.74) is 3.83. The third-order valence-corrected chi connectivity index (χ3v) is 9.60. The van der Waals surface area contributed by atoms with E-state index in [9.17, 15) is 0 Å². The summed E-state index contributed by atoms with van der Waals surface area (Å²) >= 11 is 10.5. The number of rotatable bonds is 1. The topological polar surface area (TPSA) is 26.3 Å². The van der Waals surface area contributed by atoms with Gasteiger partial charge in [0.2, 0.25) is 0 Å². The van der Waals surface area contributed by atoms with Crippen LogP contribution in [0.3, 0.4) is 0 Å². The lowest BCUT2D eigenvalue weighted by atomic mass is 10.1. The maximum absolute atomic E-state index is 6.13. The van der Waals surface area contributed by atoms with Crippen LogP contribution in [0, 0.1) is 0 Å². The number of halogens is 3. The fourth-order valence-electron chi connectivity index (χ4n) is 4.13. The van der Waals surface area contributed by atoms with Crippen LogP contribution in [0.1, 0.15) is 0 Å². The normalized spacial score (nSPS) is 11.9. The highest BCUT2D eigenvalue weighted by Gasteiger charge is 2.22. The first-order chi connectivity index (χ1) is 15.8. The van der Waals surface area contributed by atoms with Gasteiger partial charge >= 0.3 is 0 Å². The average Bonchev–Trinajstić information content (AvgIpc) is 3.35. The molecule has 166 valence electrons. The zero-order valence-electron chi connectivity index (χ0n) is 18.4. The fraction of sp³-hybridized carbons (Fsp3) is 0.111. The first-order valence-corrected chi connectivity index (χ1v) is 16.5. The number of benzene rings is 4. The Morgan fingerprint density at radius 1 is 0.485 bits per heavy atom. The molecule has 2 heterocycles. The van der Waals surface area contributed by atoms with E-state index in [4.69, 9.17) is 8.83 Å². The maximum Gasteiger partial charge on any atom is 0.149 e. The van der Waals surface area contributed by atoms with Crippen molar-refractivity contribution in [2.75, 3.05) is 0 Å². The largest absolute Gasteiger partial charge is 0.455 e. The van der Waals surface area contributed by atoms with E-state index in [0.717, 1.165) is 46.5 Å². The molecule has 0 amide bonds. The summed E-state index contributed by atoms with van der Waals surface area (Å²) in [4.78, 5) is 0. The Balaban J connectivity index is 0.000000140. The number of fused-ring (bicyclic) bond motifs is 6. The molecular weight excluding hydrogens is 624 g/mol. The molecule has 0 bridgehead atoms. The van der Waals surface area contributed by atoms with Crippen LogP contribution in [0.2, 0.25) is 19.6 Å². The van der Waals surface area contributed by atoms with Crippen molar-refractivity contribution in [1.82, 2.24) is 0 Å². The second-order valence-corrected chi connectivity index (χ2v) is 16.6. The quantitative estimate of drug-likeness (QED) is 0.167. The van der Waals surface area contributed by atoms with Gasteiger partial charge in [-0.1, -0.05) is 74.2 Å². The summed E-state index contributed by atoms with van der Waals surface area (Å²) in [6.07, 6.45) is 0. The highest BCUT2D eigenvalue weighted by Crippen LogP contribution is 2.36. The summed E-state index contributed by atoms with van der Waals surface area (Å²) in [7, 11) is -1.39. The molecule has 0 unspecified atom stereocenters. The van der Waals surface area contributed by atoms with Crippen molar-refractivity contribution in [3.63, 3.8) is 0 Å². The molecule has 0 spiro atoms. The smallest absolute Gasteiger partial charge is 0.149 e. The average molecular weight is 645 g/mol. The van der Waals surface area contributed by atoms with Gasteiger partial charge < -0.3 is 8.83 Å². The van der Waals surface area contributed by atoms with Crippen LogP contribution >= 0.6 is 47.8 Å². The Kier molecular flexibility index (Phi) is 6.06. The van der Waals surface area contributed by atoms with Crippen LogP contribution in [-0.2, 0) is 0 Å². The molecule has 0 atom stereocenters. The van der Waals surface area contributed by atoms with Crippen LogP contribution in [0.25, 0.3) is 43.9 Å². The van der Waals surface area contributed by atoms with Crippen LogP contribution in [0.5, 0.6) is 0 Å². The highest BCUT2D eigenvalue weighted by atomic mass is 79.9. The van der Waals surface area contributed by atoms with Gasteiger partial charge in [0.05, 0.1) is 21.5 Å². The van der Waals surface area contributed by atoms with Crippen molar-refractivity contribution in [2.45, 2.75) is 19.6 Å². The number of hydrogen-bond donors (Lipinski definition) is 0. The van der Waals surface area contributed by atoms with E-state index >= 15 is 0 Å². The second kappa shape index (κ2) is 8.73. The SMILES string of the molecule is Brc1cccc2c1oc1c(Br)cccc12.C[Si](C)(C)c1cccc2c1oc1c(Br)cccc12. The zero-order valence-corrected chi connectivity index (χ0v) is 24.1. The Morgan fingerprint density at radius 3 is 1.21 bits per heavy atom. The van der Waals surface area contributed by atoms with Gasteiger partial charge in [0.15, 0.2) is 0 Å². The zero-order chi connectivity index (χ0) is 23.3. The van der Waals surface area contributed by atoms with Crippen molar-refractivity contribution < 1.29 is 8.83 Å².